The zero-order chi connectivity index (χ0) is 18.4. The van der Waals surface area contributed by atoms with E-state index in [0.717, 1.165) is 24.0 Å². The van der Waals surface area contributed by atoms with E-state index in [2.05, 4.69) is 15.2 Å². The van der Waals surface area contributed by atoms with Crippen LogP contribution in [-0.2, 0) is 11.3 Å². The Morgan fingerprint density at radius 1 is 1.19 bits per heavy atom. The highest BCUT2D eigenvalue weighted by Crippen LogP contribution is 2.11. The van der Waals surface area contributed by atoms with E-state index >= 15 is 0 Å². The number of amides is 1. The highest BCUT2D eigenvalue weighted by molar-refractivity contribution is 5.80. The first-order chi connectivity index (χ1) is 12.6. The SMILES string of the molecule is Cc1cccc2c(=O)n(CCC(=O)NCCCN3CCCCC3)cnc12. The maximum atomic E-state index is 12.5. The average Bonchev–Trinajstić information content (AvgIpc) is 2.66. The molecule has 1 aliphatic rings. The van der Waals surface area contributed by atoms with Gasteiger partial charge in [-0.2, -0.15) is 0 Å². The summed E-state index contributed by atoms with van der Waals surface area (Å²) in [7, 11) is 0. The Morgan fingerprint density at radius 2 is 2.00 bits per heavy atom. The first-order valence-electron chi connectivity index (χ1n) is 9.59. The number of nitrogens with one attached hydrogen (secondary N) is 1. The van der Waals surface area contributed by atoms with Gasteiger partial charge in [0.25, 0.3) is 5.56 Å². The molecule has 0 spiro atoms. The van der Waals surface area contributed by atoms with Crippen molar-refractivity contribution in [3.8, 4) is 0 Å². The van der Waals surface area contributed by atoms with E-state index in [-0.39, 0.29) is 11.5 Å². The predicted octanol–water partition coefficient (Wildman–Crippen LogP) is 2.09. The van der Waals surface area contributed by atoms with Crippen molar-refractivity contribution < 1.29 is 4.79 Å². The first kappa shape index (κ1) is 18.6. The summed E-state index contributed by atoms with van der Waals surface area (Å²) >= 11 is 0. The minimum Gasteiger partial charge on any atom is -0.356 e. The molecule has 2 aromatic rings. The fourth-order valence-electron chi connectivity index (χ4n) is 3.52. The van der Waals surface area contributed by atoms with Crippen molar-refractivity contribution in [2.24, 2.45) is 0 Å². The molecule has 1 amide bonds. The largest absolute Gasteiger partial charge is 0.356 e. The molecule has 1 saturated heterocycles. The van der Waals surface area contributed by atoms with E-state index in [1.807, 2.05) is 19.1 Å². The molecule has 1 aromatic carbocycles. The van der Waals surface area contributed by atoms with Crippen LogP contribution in [-0.4, -0.2) is 46.5 Å². The van der Waals surface area contributed by atoms with Crippen molar-refractivity contribution in [2.45, 2.75) is 45.6 Å². The summed E-state index contributed by atoms with van der Waals surface area (Å²) in [6.45, 7) is 6.41. The van der Waals surface area contributed by atoms with E-state index in [4.69, 9.17) is 0 Å². The van der Waals surface area contributed by atoms with Crippen LogP contribution in [0.5, 0.6) is 0 Å². The number of fused-ring (bicyclic) bond motifs is 1. The fourth-order valence-corrected chi connectivity index (χ4v) is 3.52. The number of carbonyl (C=O) groups excluding carboxylic acids is 1. The predicted molar refractivity (Wildman–Crippen MR) is 103 cm³/mol. The molecule has 0 bridgehead atoms. The van der Waals surface area contributed by atoms with E-state index in [1.165, 1.54) is 36.9 Å². The van der Waals surface area contributed by atoms with Crippen LogP contribution in [0.4, 0.5) is 0 Å². The van der Waals surface area contributed by atoms with Crippen LogP contribution in [0.15, 0.2) is 29.3 Å². The highest BCUT2D eigenvalue weighted by atomic mass is 16.1. The second kappa shape index (κ2) is 8.94. The molecule has 1 aliphatic heterocycles. The Bertz CT molecular complexity index is 809. The Kier molecular flexibility index (Phi) is 6.39. The van der Waals surface area contributed by atoms with Gasteiger partial charge in [-0.1, -0.05) is 18.6 Å². The van der Waals surface area contributed by atoms with Gasteiger partial charge < -0.3 is 10.2 Å². The number of likely N-dealkylation sites (tertiary alicyclic amines) is 1. The van der Waals surface area contributed by atoms with Crippen LogP contribution < -0.4 is 10.9 Å². The zero-order valence-corrected chi connectivity index (χ0v) is 15.5. The molecule has 0 atom stereocenters. The van der Waals surface area contributed by atoms with Crippen molar-refractivity contribution >= 4 is 16.8 Å². The molecule has 2 heterocycles. The number of hydrogen-bond acceptors (Lipinski definition) is 4. The fraction of sp³-hybridized carbons (Fsp3) is 0.550. The number of nitrogens with zero attached hydrogens (tertiary/aromatic N) is 3. The molecule has 6 nitrogen and oxygen atoms in total. The minimum atomic E-state index is -0.0865. The average molecular weight is 356 g/mol. The number of para-hydroxylation sites is 1. The molecule has 0 radical (unpaired) electrons. The van der Waals surface area contributed by atoms with Crippen LogP contribution in [0.3, 0.4) is 0 Å². The molecule has 6 heteroatoms. The lowest BCUT2D eigenvalue weighted by Crippen LogP contribution is -2.33. The molecule has 0 aliphatic carbocycles. The number of benzene rings is 1. The van der Waals surface area contributed by atoms with Gasteiger partial charge in [0.05, 0.1) is 17.2 Å². The van der Waals surface area contributed by atoms with Gasteiger partial charge in [-0.25, -0.2) is 4.98 Å². The number of aryl methyl sites for hydroxylation is 2. The van der Waals surface area contributed by atoms with E-state index in [1.54, 1.807) is 12.4 Å². The summed E-state index contributed by atoms with van der Waals surface area (Å²) in [5, 5.41) is 3.56. The number of piperidine rings is 1. The maximum absolute atomic E-state index is 12.5. The molecule has 1 fully saturated rings. The van der Waals surface area contributed by atoms with E-state index in [9.17, 15) is 9.59 Å². The lowest BCUT2D eigenvalue weighted by molar-refractivity contribution is -0.121. The van der Waals surface area contributed by atoms with Gasteiger partial charge in [-0.15, -0.1) is 0 Å². The number of hydrogen-bond donors (Lipinski definition) is 1. The van der Waals surface area contributed by atoms with Gasteiger partial charge in [0.2, 0.25) is 5.91 Å². The molecule has 26 heavy (non-hydrogen) atoms. The molecular formula is C20H28N4O2. The Morgan fingerprint density at radius 3 is 2.81 bits per heavy atom. The van der Waals surface area contributed by atoms with Gasteiger partial charge in [0, 0.05) is 19.5 Å². The molecule has 3 rings (SSSR count). The van der Waals surface area contributed by atoms with Gasteiger partial charge >= 0.3 is 0 Å². The van der Waals surface area contributed by atoms with Crippen LogP contribution in [0, 0.1) is 6.92 Å². The van der Waals surface area contributed by atoms with Crippen LogP contribution in [0.1, 0.15) is 37.7 Å². The van der Waals surface area contributed by atoms with E-state index in [0.29, 0.717) is 24.9 Å². The molecular weight excluding hydrogens is 328 g/mol. The lowest BCUT2D eigenvalue weighted by Gasteiger charge is -2.26. The number of aromatic nitrogens is 2. The van der Waals surface area contributed by atoms with Crippen LogP contribution >= 0.6 is 0 Å². The summed E-state index contributed by atoms with van der Waals surface area (Å²) in [5.74, 6) is -0.0140. The summed E-state index contributed by atoms with van der Waals surface area (Å²) in [6.07, 6.45) is 6.74. The summed E-state index contributed by atoms with van der Waals surface area (Å²) in [6, 6.07) is 5.59. The topological polar surface area (TPSA) is 67.2 Å². The van der Waals surface area contributed by atoms with Crippen LogP contribution in [0.2, 0.25) is 0 Å². The van der Waals surface area contributed by atoms with Crippen molar-refractivity contribution in [3.05, 3.63) is 40.4 Å². The monoisotopic (exact) mass is 356 g/mol. The zero-order valence-electron chi connectivity index (χ0n) is 15.5. The Balaban J connectivity index is 1.45. The Labute approximate surface area is 154 Å². The smallest absolute Gasteiger partial charge is 0.261 e. The van der Waals surface area contributed by atoms with Gasteiger partial charge in [-0.05, 0) is 57.5 Å². The van der Waals surface area contributed by atoms with Crippen molar-refractivity contribution in [3.63, 3.8) is 0 Å². The van der Waals surface area contributed by atoms with E-state index < -0.39 is 0 Å². The Hall–Kier alpha value is -2.21. The highest BCUT2D eigenvalue weighted by Gasteiger charge is 2.10. The first-order valence-corrected chi connectivity index (χ1v) is 9.59. The van der Waals surface area contributed by atoms with Gasteiger partial charge in [0.15, 0.2) is 0 Å². The standard InChI is InChI=1S/C20H28N4O2/c1-16-7-5-8-17-19(16)22-15-24(20(17)26)14-9-18(25)21-10-6-13-23-11-3-2-4-12-23/h5,7-8,15H,2-4,6,9-14H2,1H3,(H,21,25). The third-order valence-corrected chi connectivity index (χ3v) is 5.06. The molecule has 1 aromatic heterocycles. The molecule has 140 valence electrons. The quantitative estimate of drug-likeness (QED) is 0.772. The van der Waals surface area contributed by atoms with Crippen molar-refractivity contribution in [1.29, 1.82) is 0 Å². The van der Waals surface area contributed by atoms with Gasteiger partial charge in [0.1, 0.15) is 0 Å². The maximum Gasteiger partial charge on any atom is 0.261 e. The third kappa shape index (κ3) is 4.69. The molecule has 1 N–H and O–H groups in total. The third-order valence-electron chi connectivity index (χ3n) is 5.06. The summed E-state index contributed by atoms with van der Waals surface area (Å²) in [5.41, 5.74) is 1.63. The van der Waals surface area contributed by atoms with Gasteiger partial charge in [-0.3, -0.25) is 14.2 Å². The molecule has 0 saturated carbocycles. The lowest BCUT2D eigenvalue weighted by atomic mass is 10.1. The summed E-state index contributed by atoms with van der Waals surface area (Å²) in [4.78, 5) is 31.4. The van der Waals surface area contributed by atoms with Crippen LogP contribution in [0.25, 0.3) is 10.9 Å². The number of carbonyl (C=O) groups is 1. The normalized spacial score (nSPS) is 15.3. The second-order valence-electron chi connectivity index (χ2n) is 7.07. The molecule has 0 unspecified atom stereocenters. The van der Waals surface area contributed by atoms with Crippen molar-refractivity contribution in [2.75, 3.05) is 26.2 Å². The minimum absolute atomic E-state index is 0.0140. The number of rotatable bonds is 7. The second-order valence-corrected chi connectivity index (χ2v) is 7.07. The summed E-state index contributed by atoms with van der Waals surface area (Å²) < 4.78 is 1.52. The van der Waals surface area contributed by atoms with Crippen molar-refractivity contribution in [1.82, 2.24) is 19.8 Å².